The number of thioether (sulfide) groups is 1. The van der Waals surface area contributed by atoms with E-state index in [1.807, 2.05) is 13.1 Å². The molecule has 1 aliphatic heterocycles. The zero-order chi connectivity index (χ0) is 22.4. The van der Waals surface area contributed by atoms with Crippen LogP contribution in [-0.2, 0) is 4.79 Å². The summed E-state index contributed by atoms with van der Waals surface area (Å²) < 4.78 is 5.85. The Bertz CT molecular complexity index is 891. The number of likely N-dealkylation sites (N-methyl/N-ethyl adjacent to an activating group) is 1. The van der Waals surface area contributed by atoms with Crippen molar-refractivity contribution >= 4 is 35.3 Å². The van der Waals surface area contributed by atoms with E-state index in [1.54, 1.807) is 11.8 Å². The van der Waals surface area contributed by atoms with Gasteiger partial charge in [0.2, 0.25) is 11.8 Å². The van der Waals surface area contributed by atoms with Crippen LogP contribution in [-0.4, -0.2) is 30.2 Å². The first-order valence-electron chi connectivity index (χ1n) is 11.3. The van der Waals surface area contributed by atoms with Crippen molar-refractivity contribution in [2.24, 2.45) is 0 Å². The van der Waals surface area contributed by atoms with Gasteiger partial charge in [-0.2, -0.15) is 0 Å². The van der Waals surface area contributed by atoms with Gasteiger partial charge in [-0.3, -0.25) is 4.79 Å². The SMILES string of the molecule is CC(C)c1cccc(C(C)C)c1NC(=O)CCCCCSc1nc2c(o1)N(C)CC=C2. The van der Waals surface area contributed by atoms with E-state index < -0.39 is 0 Å². The second kappa shape index (κ2) is 10.9. The molecule has 0 atom stereocenters. The van der Waals surface area contributed by atoms with E-state index in [-0.39, 0.29) is 5.91 Å². The van der Waals surface area contributed by atoms with Crippen LogP contribution in [0, 0.1) is 0 Å². The third-order valence-electron chi connectivity index (χ3n) is 5.53. The average molecular weight is 442 g/mol. The van der Waals surface area contributed by atoms with Crippen molar-refractivity contribution < 1.29 is 9.21 Å². The molecule has 0 radical (unpaired) electrons. The number of oxazole rings is 1. The van der Waals surface area contributed by atoms with Crippen LogP contribution < -0.4 is 10.2 Å². The smallest absolute Gasteiger partial charge is 0.258 e. The molecule has 1 amide bonds. The number of para-hydroxylation sites is 1. The molecule has 1 aromatic carbocycles. The van der Waals surface area contributed by atoms with Gasteiger partial charge in [-0.05, 0) is 41.9 Å². The second-order valence-electron chi connectivity index (χ2n) is 8.78. The van der Waals surface area contributed by atoms with Gasteiger partial charge in [0.15, 0.2) is 0 Å². The standard InChI is InChI=1S/C25H35N3O2S/c1-17(2)19-11-9-12-20(18(3)4)23(19)27-22(29)14-7-6-8-16-31-25-26-21-13-10-15-28(5)24(21)30-25/h9-13,17-18H,6-8,14-16H2,1-5H3,(H,27,29). The van der Waals surface area contributed by atoms with Crippen LogP contribution in [0.3, 0.4) is 0 Å². The molecule has 2 aromatic rings. The van der Waals surface area contributed by atoms with Crippen molar-refractivity contribution in [1.29, 1.82) is 0 Å². The molecule has 0 spiro atoms. The van der Waals surface area contributed by atoms with E-state index in [0.717, 1.165) is 54.0 Å². The molecule has 0 fully saturated rings. The number of amides is 1. The predicted molar refractivity (Wildman–Crippen MR) is 131 cm³/mol. The summed E-state index contributed by atoms with van der Waals surface area (Å²) in [5.74, 6) is 2.66. The molecule has 0 unspecified atom stereocenters. The van der Waals surface area contributed by atoms with Gasteiger partial charge >= 0.3 is 0 Å². The van der Waals surface area contributed by atoms with E-state index in [2.05, 4.69) is 67.2 Å². The number of benzene rings is 1. The normalized spacial score (nSPS) is 13.2. The molecule has 5 nitrogen and oxygen atoms in total. The lowest BCUT2D eigenvalue weighted by atomic mass is 9.92. The molecule has 3 rings (SSSR count). The van der Waals surface area contributed by atoms with Gasteiger partial charge < -0.3 is 14.6 Å². The molecule has 168 valence electrons. The minimum absolute atomic E-state index is 0.109. The quantitative estimate of drug-likeness (QED) is 0.329. The number of fused-ring (bicyclic) bond motifs is 1. The number of anilines is 2. The van der Waals surface area contributed by atoms with Crippen molar-refractivity contribution in [2.45, 2.75) is 70.4 Å². The lowest BCUT2D eigenvalue weighted by Crippen LogP contribution is -2.19. The second-order valence-corrected chi connectivity index (χ2v) is 9.83. The molecule has 0 aliphatic carbocycles. The molecule has 31 heavy (non-hydrogen) atoms. The third-order valence-corrected chi connectivity index (χ3v) is 6.44. The Balaban J connectivity index is 1.42. The van der Waals surface area contributed by atoms with Gasteiger partial charge in [-0.15, -0.1) is 0 Å². The molecule has 1 N–H and O–H groups in total. The summed E-state index contributed by atoms with van der Waals surface area (Å²) in [6.07, 6.45) is 7.61. The van der Waals surface area contributed by atoms with Crippen LogP contribution in [0.15, 0.2) is 33.9 Å². The summed E-state index contributed by atoms with van der Waals surface area (Å²) in [7, 11) is 2.01. The molecular formula is C25H35N3O2S. The molecule has 1 aliphatic rings. The molecule has 2 heterocycles. The number of rotatable bonds is 10. The molecule has 1 aromatic heterocycles. The fourth-order valence-electron chi connectivity index (χ4n) is 3.77. The summed E-state index contributed by atoms with van der Waals surface area (Å²) in [5.41, 5.74) is 4.35. The molecule has 0 bridgehead atoms. The summed E-state index contributed by atoms with van der Waals surface area (Å²) in [6, 6.07) is 6.34. The van der Waals surface area contributed by atoms with Crippen molar-refractivity contribution in [2.75, 3.05) is 29.6 Å². The first-order chi connectivity index (χ1) is 14.9. The van der Waals surface area contributed by atoms with Gasteiger partial charge in [0, 0.05) is 31.5 Å². The number of carbonyl (C=O) groups is 1. The molecule has 6 heteroatoms. The Labute approximate surface area is 190 Å². The lowest BCUT2D eigenvalue weighted by molar-refractivity contribution is -0.116. The maximum absolute atomic E-state index is 12.6. The number of hydrogen-bond acceptors (Lipinski definition) is 5. The number of unbranched alkanes of at least 4 members (excludes halogenated alkanes) is 2. The summed E-state index contributed by atoms with van der Waals surface area (Å²) in [5, 5.41) is 3.94. The van der Waals surface area contributed by atoms with Crippen molar-refractivity contribution in [3.8, 4) is 0 Å². The Kier molecular flexibility index (Phi) is 8.24. The van der Waals surface area contributed by atoms with Crippen LogP contribution >= 0.6 is 11.8 Å². The maximum Gasteiger partial charge on any atom is 0.258 e. The number of nitrogens with zero attached hydrogens (tertiary/aromatic N) is 2. The van der Waals surface area contributed by atoms with E-state index >= 15 is 0 Å². The van der Waals surface area contributed by atoms with Crippen LogP contribution in [0.25, 0.3) is 6.08 Å². The molecule has 0 saturated carbocycles. The Hall–Kier alpha value is -2.21. The minimum Gasteiger partial charge on any atom is -0.415 e. The first kappa shape index (κ1) is 23.5. The van der Waals surface area contributed by atoms with Gasteiger partial charge in [0.1, 0.15) is 5.69 Å². The van der Waals surface area contributed by atoms with Gasteiger partial charge in [-0.1, -0.05) is 70.2 Å². The zero-order valence-corrected chi connectivity index (χ0v) is 20.2. The van der Waals surface area contributed by atoms with Gasteiger partial charge in [-0.25, -0.2) is 4.98 Å². The fraction of sp³-hybridized carbons (Fsp3) is 0.520. The van der Waals surface area contributed by atoms with Crippen LogP contribution in [0.4, 0.5) is 11.6 Å². The van der Waals surface area contributed by atoms with Crippen molar-refractivity contribution in [1.82, 2.24) is 4.98 Å². The molecular weight excluding hydrogens is 406 g/mol. The zero-order valence-electron chi connectivity index (χ0n) is 19.4. The summed E-state index contributed by atoms with van der Waals surface area (Å²) in [4.78, 5) is 19.2. The number of nitrogens with one attached hydrogen (secondary N) is 1. The van der Waals surface area contributed by atoms with E-state index in [1.165, 1.54) is 11.1 Å². The topological polar surface area (TPSA) is 58.4 Å². The third kappa shape index (κ3) is 6.16. The number of carbonyl (C=O) groups excluding carboxylic acids is 1. The van der Waals surface area contributed by atoms with Gasteiger partial charge in [0.05, 0.1) is 0 Å². The minimum atomic E-state index is 0.109. The van der Waals surface area contributed by atoms with Crippen LogP contribution in [0.5, 0.6) is 0 Å². The monoisotopic (exact) mass is 441 g/mol. The fourth-order valence-corrected chi connectivity index (χ4v) is 4.60. The Morgan fingerprint density at radius 1 is 1.16 bits per heavy atom. The van der Waals surface area contributed by atoms with Crippen molar-refractivity contribution in [3.05, 3.63) is 41.1 Å². The highest BCUT2D eigenvalue weighted by molar-refractivity contribution is 7.99. The molecule has 0 saturated heterocycles. The van der Waals surface area contributed by atoms with Crippen LogP contribution in [0.1, 0.15) is 82.0 Å². The average Bonchev–Trinajstić information content (AvgIpc) is 3.14. The maximum atomic E-state index is 12.6. The first-order valence-corrected chi connectivity index (χ1v) is 12.3. The van der Waals surface area contributed by atoms with Crippen LogP contribution in [0.2, 0.25) is 0 Å². The summed E-state index contributed by atoms with van der Waals surface area (Å²) in [6.45, 7) is 9.54. The lowest BCUT2D eigenvalue weighted by Gasteiger charge is -2.20. The highest BCUT2D eigenvalue weighted by atomic mass is 32.2. The predicted octanol–water partition coefficient (Wildman–Crippen LogP) is 6.68. The van der Waals surface area contributed by atoms with E-state index in [4.69, 9.17) is 4.42 Å². The van der Waals surface area contributed by atoms with E-state index in [9.17, 15) is 4.79 Å². The number of hydrogen-bond donors (Lipinski definition) is 1. The summed E-state index contributed by atoms with van der Waals surface area (Å²) >= 11 is 1.65. The van der Waals surface area contributed by atoms with Crippen molar-refractivity contribution in [3.63, 3.8) is 0 Å². The van der Waals surface area contributed by atoms with E-state index in [0.29, 0.717) is 18.3 Å². The Morgan fingerprint density at radius 2 is 1.87 bits per heavy atom. The largest absolute Gasteiger partial charge is 0.415 e. The Morgan fingerprint density at radius 3 is 2.52 bits per heavy atom. The highest BCUT2D eigenvalue weighted by Crippen LogP contribution is 2.33. The van der Waals surface area contributed by atoms with Gasteiger partial charge in [0.25, 0.3) is 5.22 Å². The number of aromatic nitrogens is 1. The highest BCUT2D eigenvalue weighted by Gasteiger charge is 2.18.